The van der Waals surface area contributed by atoms with Crippen LogP contribution in [0.25, 0.3) is 0 Å². The Morgan fingerprint density at radius 1 is 0.867 bits per heavy atom. The zero-order valence-electron chi connectivity index (χ0n) is 17.6. The summed E-state index contributed by atoms with van der Waals surface area (Å²) in [4.78, 5) is 12.8. The summed E-state index contributed by atoms with van der Waals surface area (Å²) in [7, 11) is 1.60. The Morgan fingerprint density at radius 3 is 2.33 bits per heavy atom. The highest BCUT2D eigenvalue weighted by Crippen LogP contribution is 2.29. The molecular weight excluding hydrogens is 378 g/mol. The molecule has 30 heavy (non-hydrogen) atoms. The summed E-state index contributed by atoms with van der Waals surface area (Å²) < 4.78 is 17.0. The highest BCUT2D eigenvalue weighted by molar-refractivity contribution is 5.96. The maximum absolute atomic E-state index is 12.8. The molecule has 0 bridgehead atoms. The summed E-state index contributed by atoms with van der Waals surface area (Å²) >= 11 is 0. The normalized spacial score (nSPS) is 10.5. The van der Waals surface area contributed by atoms with Crippen LogP contribution in [0, 0.1) is 0 Å². The van der Waals surface area contributed by atoms with E-state index in [1.54, 1.807) is 19.2 Å². The van der Waals surface area contributed by atoms with Gasteiger partial charge in [0.25, 0.3) is 5.91 Å². The SMILES string of the molecule is COc1cc(CNC(=O)c2ccccc2OCc2ccccc2)ccc1OC(C)C. The van der Waals surface area contributed by atoms with Crippen LogP contribution in [0.4, 0.5) is 0 Å². The van der Waals surface area contributed by atoms with E-state index in [0.717, 1.165) is 11.1 Å². The lowest BCUT2D eigenvalue weighted by Crippen LogP contribution is -2.23. The standard InChI is InChI=1S/C25H27NO4/c1-18(2)30-23-14-13-20(15-24(23)28-3)16-26-25(27)21-11-7-8-12-22(21)29-17-19-9-5-4-6-10-19/h4-15,18H,16-17H2,1-3H3,(H,26,27). The van der Waals surface area contributed by atoms with Crippen LogP contribution in [-0.2, 0) is 13.2 Å². The van der Waals surface area contributed by atoms with Crippen molar-refractivity contribution in [2.45, 2.75) is 33.1 Å². The van der Waals surface area contributed by atoms with Crippen molar-refractivity contribution in [2.75, 3.05) is 7.11 Å². The van der Waals surface area contributed by atoms with Crippen molar-refractivity contribution in [2.24, 2.45) is 0 Å². The summed E-state index contributed by atoms with van der Waals surface area (Å²) in [6.45, 7) is 4.69. The van der Waals surface area contributed by atoms with Crippen LogP contribution in [0.1, 0.15) is 35.3 Å². The lowest BCUT2D eigenvalue weighted by Gasteiger charge is -2.15. The first-order valence-corrected chi connectivity index (χ1v) is 9.94. The number of benzene rings is 3. The fourth-order valence-corrected chi connectivity index (χ4v) is 2.97. The van der Waals surface area contributed by atoms with Crippen LogP contribution < -0.4 is 19.5 Å². The van der Waals surface area contributed by atoms with Gasteiger partial charge in [-0.1, -0.05) is 48.5 Å². The smallest absolute Gasteiger partial charge is 0.255 e. The quantitative estimate of drug-likeness (QED) is 0.545. The number of para-hydroxylation sites is 1. The summed E-state index contributed by atoms with van der Waals surface area (Å²) in [5.74, 6) is 1.68. The number of ether oxygens (including phenoxy) is 3. The number of hydrogen-bond acceptors (Lipinski definition) is 4. The molecule has 0 spiro atoms. The van der Waals surface area contributed by atoms with Crippen LogP contribution in [0.5, 0.6) is 17.2 Å². The molecule has 0 saturated carbocycles. The van der Waals surface area contributed by atoms with E-state index in [2.05, 4.69) is 5.32 Å². The number of nitrogens with one attached hydrogen (secondary N) is 1. The number of carbonyl (C=O) groups is 1. The van der Waals surface area contributed by atoms with Gasteiger partial charge in [-0.3, -0.25) is 4.79 Å². The van der Waals surface area contributed by atoms with Gasteiger partial charge in [-0.25, -0.2) is 0 Å². The van der Waals surface area contributed by atoms with Gasteiger partial charge in [0, 0.05) is 6.54 Å². The second kappa shape index (κ2) is 10.3. The highest BCUT2D eigenvalue weighted by Gasteiger charge is 2.13. The molecule has 0 saturated heterocycles. The number of carbonyl (C=O) groups excluding carboxylic acids is 1. The van der Waals surface area contributed by atoms with Crippen molar-refractivity contribution in [3.8, 4) is 17.2 Å². The predicted molar refractivity (Wildman–Crippen MR) is 117 cm³/mol. The molecule has 3 aromatic carbocycles. The van der Waals surface area contributed by atoms with E-state index in [4.69, 9.17) is 14.2 Å². The van der Waals surface area contributed by atoms with E-state index in [1.807, 2.05) is 74.5 Å². The largest absolute Gasteiger partial charge is 0.493 e. The molecule has 5 nitrogen and oxygen atoms in total. The average molecular weight is 405 g/mol. The van der Waals surface area contributed by atoms with Crippen LogP contribution in [0.3, 0.4) is 0 Å². The van der Waals surface area contributed by atoms with Gasteiger partial charge in [0.15, 0.2) is 11.5 Å². The molecule has 0 radical (unpaired) electrons. The van der Waals surface area contributed by atoms with Crippen molar-refractivity contribution < 1.29 is 19.0 Å². The van der Waals surface area contributed by atoms with Gasteiger partial charge in [-0.15, -0.1) is 0 Å². The molecule has 3 rings (SSSR count). The molecule has 0 aliphatic carbocycles. The Hall–Kier alpha value is -3.47. The van der Waals surface area contributed by atoms with Crippen LogP contribution >= 0.6 is 0 Å². The van der Waals surface area contributed by atoms with Crippen molar-refractivity contribution in [1.82, 2.24) is 5.32 Å². The molecule has 0 aromatic heterocycles. The second-order valence-electron chi connectivity index (χ2n) is 7.10. The molecule has 0 unspecified atom stereocenters. The molecule has 0 heterocycles. The van der Waals surface area contributed by atoms with Crippen LogP contribution in [0.15, 0.2) is 72.8 Å². The van der Waals surface area contributed by atoms with Crippen molar-refractivity contribution in [3.63, 3.8) is 0 Å². The Balaban J connectivity index is 1.65. The predicted octanol–water partition coefficient (Wildman–Crippen LogP) is 4.99. The van der Waals surface area contributed by atoms with Crippen molar-refractivity contribution in [3.05, 3.63) is 89.5 Å². The van der Waals surface area contributed by atoms with Gasteiger partial charge in [0.05, 0.1) is 18.8 Å². The van der Waals surface area contributed by atoms with Gasteiger partial charge >= 0.3 is 0 Å². The zero-order valence-corrected chi connectivity index (χ0v) is 17.6. The van der Waals surface area contributed by atoms with E-state index in [-0.39, 0.29) is 12.0 Å². The summed E-state index contributed by atoms with van der Waals surface area (Å²) in [6.07, 6.45) is 0.0526. The minimum atomic E-state index is -0.194. The number of rotatable bonds is 9. The Kier molecular flexibility index (Phi) is 7.33. The van der Waals surface area contributed by atoms with Crippen LogP contribution in [-0.4, -0.2) is 19.1 Å². The third-order valence-electron chi connectivity index (χ3n) is 4.41. The van der Waals surface area contributed by atoms with E-state index in [0.29, 0.717) is 36.0 Å². The summed E-state index contributed by atoms with van der Waals surface area (Å²) in [5.41, 5.74) is 2.46. The summed E-state index contributed by atoms with van der Waals surface area (Å²) in [5, 5.41) is 2.95. The topological polar surface area (TPSA) is 56.8 Å². The van der Waals surface area contributed by atoms with Gasteiger partial charge < -0.3 is 19.5 Å². The molecule has 0 aliphatic rings. The third kappa shape index (κ3) is 5.77. The Labute approximate surface area is 177 Å². The Bertz CT molecular complexity index is 970. The highest BCUT2D eigenvalue weighted by atomic mass is 16.5. The minimum absolute atomic E-state index is 0.0526. The maximum Gasteiger partial charge on any atom is 0.255 e. The zero-order chi connectivity index (χ0) is 21.3. The van der Waals surface area contributed by atoms with E-state index in [9.17, 15) is 4.79 Å². The molecular formula is C25H27NO4. The second-order valence-corrected chi connectivity index (χ2v) is 7.10. The molecule has 1 N–H and O–H groups in total. The van der Waals surface area contributed by atoms with Crippen LogP contribution in [0.2, 0.25) is 0 Å². The van der Waals surface area contributed by atoms with Gasteiger partial charge in [-0.05, 0) is 49.2 Å². The lowest BCUT2D eigenvalue weighted by atomic mass is 10.1. The maximum atomic E-state index is 12.8. The van der Waals surface area contributed by atoms with Gasteiger partial charge in [-0.2, -0.15) is 0 Å². The third-order valence-corrected chi connectivity index (χ3v) is 4.41. The summed E-state index contributed by atoms with van der Waals surface area (Å²) in [6, 6.07) is 22.7. The van der Waals surface area contributed by atoms with E-state index >= 15 is 0 Å². The molecule has 156 valence electrons. The first-order chi connectivity index (χ1) is 14.6. The van der Waals surface area contributed by atoms with E-state index in [1.165, 1.54) is 0 Å². The number of amides is 1. The number of methoxy groups -OCH3 is 1. The molecule has 3 aromatic rings. The van der Waals surface area contributed by atoms with Gasteiger partial charge in [0.2, 0.25) is 0 Å². The molecule has 0 fully saturated rings. The Morgan fingerprint density at radius 2 is 1.60 bits per heavy atom. The number of hydrogen-bond donors (Lipinski definition) is 1. The van der Waals surface area contributed by atoms with Gasteiger partial charge in [0.1, 0.15) is 12.4 Å². The molecule has 5 heteroatoms. The molecule has 0 atom stereocenters. The fraction of sp³-hybridized carbons (Fsp3) is 0.240. The average Bonchev–Trinajstić information content (AvgIpc) is 2.77. The lowest BCUT2D eigenvalue weighted by molar-refractivity contribution is 0.0946. The van der Waals surface area contributed by atoms with Crippen molar-refractivity contribution in [1.29, 1.82) is 0 Å². The minimum Gasteiger partial charge on any atom is -0.493 e. The molecule has 1 amide bonds. The first-order valence-electron chi connectivity index (χ1n) is 9.94. The fourth-order valence-electron chi connectivity index (χ4n) is 2.97. The first kappa shape index (κ1) is 21.2. The molecule has 0 aliphatic heterocycles. The monoisotopic (exact) mass is 405 g/mol. The van der Waals surface area contributed by atoms with E-state index < -0.39 is 0 Å². The van der Waals surface area contributed by atoms with Crippen molar-refractivity contribution >= 4 is 5.91 Å².